The zero-order valence-electron chi connectivity index (χ0n) is 27.0. The van der Waals surface area contributed by atoms with Gasteiger partial charge in [-0.25, -0.2) is 4.79 Å². The number of unbranched alkanes of at least 4 members (excludes halogenated alkanes) is 2. The minimum Gasteiger partial charge on any atom is -0.427 e. The van der Waals surface area contributed by atoms with E-state index in [9.17, 15) is 20.1 Å². The topological polar surface area (TPSA) is 90.9 Å². The molecule has 0 aromatic carbocycles. The summed E-state index contributed by atoms with van der Waals surface area (Å²) in [6, 6.07) is 3.67. The van der Waals surface area contributed by atoms with Crippen molar-refractivity contribution in [1.29, 1.82) is 0 Å². The van der Waals surface area contributed by atoms with E-state index in [0.717, 1.165) is 48.8 Å². The number of allylic oxidation sites excluding steroid dienone is 7. The molecule has 5 atom stereocenters. The van der Waals surface area contributed by atoms with E-state index >= 15 is 0 Å². The maximum Gasteiger partial charge on any atom is 0.339 e. The van der Waals surface area contributed by atoms with E-state index < -0.39 is 18.3 Å². The molecule has 1 rings (SSSR count). The number of aliphatic hydroxyl groups excluding tert-OH is 3. The molecule has 5 nitrogen and oxygen atoms in total. The second kappa shape index (κ2) is 18.9. The first-order valence-corrected chi connectivity index (χ1v) is 15.3. The van der Waals surface area contributed by atoms with E-state index in [1.54, 1.807) is 0 Å². The van der Waals surface area contributed by atoms with E-state index in [4.69, 9.17) is 4.42 Å². The minimum absolute atomic E-state index is 0.233. The third-order valence-corrected chi connectivity index (χ3v) is 8.01. The summed E-state index contributed by atoms with van der Waals surface area (Å²) < 4.78 is 5.56. The molecule has 1 aromatic rings. The zero-order valence-corrected chi connectivity index (χ0v) is 27.0. The lowest BCUT2D eigenvalue weighted by Crippen LogP contribution is -2.29. The van der Waals surface area contributed by atoms with Gasteiger partial charge >= 0.3 is 5.63 Å². The quantitative estimate of drug-likeness (QED) is 0.100. The summed E-state index contributed by atoms with van der Waals surface area (Å²) in [6.07, 6.45) is 14.2. The molecule has 0 fully saturated rings. The monoisotopic (exact) mass is 568 g/mol. The SMILES string of the molecule is C/C=C(\C)[C@@H](O)[C@H](C)[C@H](O)C/C=C(C)/C=C(\C)C/C(C)=C/C/C=C(\C)C(O)[C@@H](C)c1ccc(CCCCC)c(=O)o1. The summed E-state index contributed by atoms with van der Waals surface area (Å²) in [5, 5.41) is 31.7. The number of aliphatic hydroxyl groups is 3. The Bertz CT molecular complexity index is 1150. The number of hydrogen-bond acceptors (Lipinski definition) is 5. The molecule has 41 heavy (non-hydrogen) atoms. The molecule has 0 saturated heterocycles. The maximum absolute atomic E-state index is 12.4. The van der Waals surface area contributed by atoms with E-state index in [2.05, 4.69) is 32.9 Å². The first-order valence-electron chi connectivity index (χ1n) is 15.3. The van der Waals surface area contributed by atoms with E-state index in [1.165, 1.54) is 11.1 Å². The van der Waals surface area contributed by atoms with Crippen molar-refractivity contribution in [2.75, 3.05) is 0 Å². The molecule has 0 saturated carbocycles. The van der Waals surface area contributed by atoms with Crippen molar-refractivity contribution >= 4 is 0 Å². The normalized spacial score (nSPS) is 17.8. The highest BCUT2D eigenvalue weighted by atomic mass is 16.4. The summed E-state index contributed by atoms with van der Waals surface area (Å²) in [5.41, 5.74) is 5.69. The van der Waals surface area contributed by atoms with Gasteiger partial charge in [0.05, 0.1) is 18.3 Å². The zero-order chi connectivity index (χ0) is 31.1. The molecular weight excluding hydrogens is 512 g/mol. The van der Waals surface area contributed by atoms with Crippen LogP contribution in [0.1, 0.15) is 118 Å². The molecule has 0 aliphatic rings. The Morgan fingerprint density at radius 2 is 1.59 bits per heavy atom. The Balaban J connectivity index is 2.70. The average Bonchev–Trinajstić information content (AvgIpc) is 2.94. The molecule has 0 radical (unpaired) electrons. The Labute approximate surface area is 249 Å². The highest BCUT2D eigenvalue weighted by Gasteiger charge is 2.23. The van der Waals surface area contributed by atoms with Gasteiger partial charge in [-0.1, -0.05) is 80.7 Å². The van der Waals surface area contributed by atoms with Crippen molar-refractivity contribution in [2.45, 2.75) is 131 Å². The fourth-order valence-corrected chi connectivity index (χ4v) is 4.90. The van der Waals surface area contributed by atoms with Crippen LogP contribution in [0.5, 0.6) is 0 Å². The first kappa shape index (κ1) is 36.6. The van der Waals surface area contributed by atoms with Crippen molar-refractivity contribution in [2.24, 2.45) is 5.92 Å². The highest BCUT2D eigenvalue weighted by Crippen LogP contribution is 2.24. The number of rotatable bonds is 17. The number of aryl methyl sites for hydroxylation is 1. The summed E-state index contributed by atoms with van der Waals surface area (Å²) in [4.78, 5) is 12.4. The molecule has 0 spiro atoms. The number of hydrogen-bond donors (Lipinski definition) is 3. The molecule has 5 heteroatoms. The van der Waals surface area contributed by atoms with Crippen molar-refractivity contribution in [1.82, 2.24) is 0 Å². The molecule has 0 aliphatic carbocycles. The van der Waals surface area contributed by atoms with Crippen LogP contribution in [0.15, 0.2) is 79.6 Å². The van der Waals surface area contributed by atoms with Gasteiger partial charge in [-0.3, -0.25) is 0 Å². The van der Waals surface area contributed by atoms with Crippen LogP contribution in [-0.2, 0) is 6.42 Å². The first-order chi connectivity index (χ1) is 19.3. The molecule has 0 bridgehead atoms. The fourth-order valence-electron chi connectivity index (χ4n) is 4.90. The van der Waals surface area contributed by atoms with Gasteiger partial charge in [-0.15, -0.1) is 0 Å². The molecule has 3 N–H and O–H groups in total. The third-order valence-electron chi connectivity index (χ3n) is 8.01. The van der Waals surface area contributed by atoms with E-state index in [-0.39, 0.29) is 17.5 Å². The van der Waals surface area contributed by atoms with Crippen LogP contribution in [0.2, 0.25) is 0 Å². The van der Waals surface area contributed by atoms with Crippen LogP contribution >= 0.6 is 0 Å². The average molecular weight is 569 g/mol. The van der Waals surface area contributed by atoms with Crippen molar-refractivity contribution in [3.05, 3.63) is 92.1 Å². The van der Waals surface area contributed by atoms with Gasteiger partial charge in [0.2, 0.25) is 0 Å². The van der Waals surface area contributed by atoms with Gasteiger partial charge in [0.1, 0.15) is 5.76 Å². The second-order valence-electron chi connectivity index (χ2n) is 11.8. The molecule has 0 amide bonds. The molecule has 0 aliphatic heterocycles. The Morgan fingerprint density at radius 3 is 2.20 bits per heavy atom. The van der Waals surface area contributed by atoms with Crippen LogP contribution in [-0.4, -0.2) is 33.6 Å². The van der Waals surface area contributed by atoms with Gasteiger partial charge < -0.3 is 19.7 Å². The van der Waals surface area contributed by atoms with Gasteiger partial charge in [0.15, 0.2) is 0 Å². The standard InChI is InChI=1S/C36H56O5/c1-10-12-13-17-31-19-21-33(41-36(31)40)30(9)35(39)28(7)16-14-15-24(3)22-26(5)23-25(4)18-20-32(37)29(8)34(38)27(6)11-2/h11,15-16,18-19,21,23,29-30,32,34-35,37-39H,10,12-14,17,20,22H2,1-9H3/b24-15+,25-18+,26-23+,27-11+,28-16+/t29-,30+,32-,34-,35?/m1/s1. The molecule has 230 valence electrons. The van der Waals surface area contributed by atoms with E-state index in [0.29, 0.717) is 24.2 Å². The summed E-state index contributed by atoms with van der Waals surface area (Å²) >= 11 is 0. The third kappa shape index (κ3) is 12.9. The van der Waals surface area contributed by atoms with Crippen molar-refractivity contribution in [3.63, 3.8) is 0 Å². The van der Waals surface area contributed by atoms with Crippen LogP contribution in [0.25, 0.3) is 0 Å². The van der Waals surface area contributed by atoms with Crippen molar-refractivity contribution < 1.29 is 19.7 Å². The Kier molecular flexibility index (Phi) is 16.8. The van der Waals surface area contributed by atoms with Gasteiger partial charge in [-0.2, -0.15) is 0 Å². The maximum atomic E-state index is 12.4. The lowest BCUT2D eigenvalue weighted by atomic mass is 9.91. The van der Waals surface area contributed by atoms with Crippen LogP contribution in [0.4, 0.5) is 0 Å². The minimum atomic E-state index is -0.728. The molecule has 1 unspecified atom stereocenters. The fraction of sp³-hybridized carbons (Fsp3) is 0.583. The largest absolute Gasteiger partial charge is 0.427 e. The van der Waals surface area contributed by atoms with Crippen LogP contribution < -0.4 is 5.63 Å². The molecule has 1 aromatic heterocycles. The van der Waals surface area contributed by atoms with Crippen LogP contribution in [0, 0.1) is 5.92 Å². The highest BCUT2D eigenvalue weighted by molar-refractivity contribution is 5.25. The summed E-state index contributed by atoms with van der Waals surface area (Å²) in [7, 11) is 0. The van der Waals surface area contributed by atoms with E-state index in [1.807, 2.05) is 71.9 Å². The lowest BCUT2D eigenvalue weighted by molar-refractivity contribution is 0.0415. The predicted octanol–water partition coefficient (Wildman–Crippen LogP) is 8.12. The summed E-state index contributed by atoms with van der Waals surface area (Å²) in [6.45, 7) is 17.8. The predicted molar refractivity (Wildman–Crippen MR) is 172 cm³/mol. The smallest absolute Gasteiger partial charge is 0.339 e. The summed E-state index contributed by atoms with van der Waals surface area (Å²) in [5.74, 6) is -0.0371. The van der Waals surface area contributed by atoms with Gasteiger partial charge in [0.25, 0.3) is 0 Å². The molecular formula is C36H56O5. The lowest BCUT2D eigenvalue weighted by Gasteiger charge is -2.24. The van der Waals surface area contributed by atoms with Gasteiger partial charge in [0, 0.05) is 17.4 Å². The van der Waals surface area contributed by atoms with Crippen LogP contribution in [0.3, 0.4) is 0 Å². The molecule has 1 heterocycles. The Hall–Kier alpha value is -2.47. The Morgan fingerprint density at radius 1 is 0.902 bits per heavy atom. The van der Waals surface area contributed by atoms with Gasteiger partial charge in [-0.05, 0) is 96.9 Å². The second-order valence-corrected chi connectivity index (χ2v) is 11.8. The van der Waals surface area contributed by atoms with Crippen molar-refractivity contribution in [3.8, 4) is 0 Å².